The third kappa shape index (κ3) is 4.11. The van der Waals surface area contributed by atoms with Crippen LogP contribution in [-0.2, 0) is 11.2 Å². The molecule has 3 heteroatoms. The molecule has 94 valence electrons. The van der Waals surface area contributed by atoms with Crippen LogP contribution in [0.3, 0.4) is 0 Å². The van der Waals surface area contributed by atoms with Crippen molar-refractivity contribution in [2.24, 2.45) is 0 Å². The van der Waals surface area contributed by atoms with Gasteiger partial charge < -0.3 is 10.1 Å². The maximum Gasteiger partial charge on any atom is 0.0826 e. The molecular formula is C14H22N2O. The van der Waals surface area contributed by atoms with Crippen LogP contribution in [0.25, 0.3) is 0 Å². The fraction of sp³-hybridized carbons (Fsp3) is 0.571. The Labute approximate surface area is 104 Å². The summed E-state index contributed by atoms with van der Waals surface area (Å²) in [6.07, 6.45) is 1.48. The fourth-order valence-electron chi connectivity index (χ4n) is 2.27. The molecule has 1 aromatic rings. The summed E-state index contributed by atoms with van der Waals surface area (Å²) in [5.41, 5.74) is 1.42. The zero-order valence-electron chi connectivity index (χ0n) is 10.6. The van der Waals surface area contributed by atoms with Gasteiger partial charge in [0.25, 0.3) is 0 Å². The van der Waals surface area contributed by atoms with Gasteiger partial charge in [0.15, 0.2) is 0 Å². The van der Waals surface area contributed by atoms with E-state index in [1.54, 1.807) is 0 Å². The number of hydrogen-bond donors (Lipinski definition) is 1. The molecule has 0 amide bonds. The van der Waals surface area contributed by atoms with E-state index in [0.29, 0.717) is 6.10 Å². The third-order valence-electron chi connectivity index (χ3n) is 3.21. The van der Waals surface area contributed by atoms with E-state index >= 15 is 0 Å². The van der Waals surface area contributed by atoms with Crippen LogP contribution in [0, 0.1) is 0 Å². The Kier molecular flexibility index (Phi) is 4.98. The van der Waals surface area contributed by atoms with Gasteiger partial charge in [-0.3, -0.25) is 4.90 Å². The molecule has 2 rings (SSSR count). The zero-order chi connectivity index (χ0) is 11.9. The number of nitrogens with one attached hydrogen (secondary N) is 1. The van der Waals surface area contributed by atoms with E-state index in [-0.39, 0.29) is 0 Å². The third-order valence-corrected chi connectivity index (χ3v) is 3.21. The molecule has 1 N–H and O–H groups in total. The van der Waals surface area contributed by atoms with Crippen LogP contribution in [0.2, 0.25) is 0 Å². The molecule has 17 heavy (non-hydrogen) atoms. The van der Waals surface area contributed by atoms with Gasteiger partial charge in [-0.15, -0.1) is 0 Å². The van der Waals surface area contributed by atoms with Crippen LogP contribution >= 0.6 is 0 Å². The van der Waals surface area contributed by atoms with E-state index in [9.17, 15) is 0 Å². The van der Waals surface area contributed by atoms with Crippen LogP contribution < -0.4 is 5.32 Å². The highest BCUT2D eigenvalue weighted by Gasteiger charge is 2.19. The molecule has 1 atom stereocenters. The predicted octanol–water partition coefficient (Wildman–Crippen LogP) is 1.15. The first kappa shape index (κ1) is 12.6. The van der Waals surface area contributed by atoms with Crippen LogP contribution in [0.15, 0.2) is 30.3 Å². The Morgan fingerprint density at radius 1 is 1.35 bits per heavy atom. The van der Waals surface area contributed by atoms with Gasteiger partial charge in [0.2, 0.25) is 0 Å². The summed E-state index contributed by atoms with van der Waals surface area (Å²) in [5, 5.41) is 3.18. The second-order valence-corrected chi connectivity index (χ2v) is 4.59. The van der Waals surface area contributed by atoms with E-state index in [4.69, 9.17) is 4.74 Å². The molecule has 1 aromatic carbocycles. The first-order chi connectivity index (χ1) is 8.38. The van der Waals surface area contributed by atoms with Crippen LogP contribution in [-0.4, -0.2) is 50.8 Å². The molecule has 0 saturated carbocycles. The Hall–Kier alpha value is -0.900. The van der Waals surface area contributed by atoms with E-state index in [1.165, 1.54) is 5.56 Å². The van der Waals surface area contributed by atoms with Gasteiger partial charge in [-0.2, -0.15) is 0 Å². The first-order valence-corrected chi connectivity index (χ1v) is 6.41. The summed E-state index contributed by atoms with van der Waals surface area (Å²) >= 11 is 0. The SMILES string of the molecule is CNCC1CN(CCc2ccccc2)CCO1. The van der Waals surface area contributed by atoms with E-state index in [0.717, 1.165) is 39.2 Å². The van der Waals surface area contributed by atoms with Crippen molar-refractivity contribution in [2.45, 2.75) is 12.5 Å². The minimum absolute atomic E-state index is 0.351. The maximum atomic E-state index is 5.70. The zero-order valence-corrected chi connectivity index (χ0v) is 10.6. The summed E-state index contributed by atoms with van der Waals surface area (Å²) in [5.74, 6) is 0. The smallest absolute Gasteiger partial charge is 0.0826 e. The first-order valence-electron chi connectivity index (χ1n) is 6.41. The summed E-state index contributed by atoms with van der Waals surface area (Å²) < 4.78 is 5.70. The number of hydrogen-bond acceptors (Lipinski definition) is 3. The number of benzene rings is 1. The van der Waals surface area contributed by atoms with E-state index in [1.807, 2.05) is 7.05 Å². The molecule has 0 bridgehead atoms. The van der Waals surface area contributed by atoms with Crippen molar-refractivity contribution in [1.29, 1.82) is 0 Å². The number of ether oxygens (including phenoxy) is 1. The van der Waals surface area contributed by atoms with Gasteiger partial charge in [-0.1, -0.05) is 30.3 Å². The van der Waals surface area contributed by atoms with Gasteiger partial charge >= 0.3 is 0 Å². The summed E-state index contributed by atoms with van der Waals surface area (Å²) in [7, 11) is 1.98. The summed E-state index contributed by atoms with van der Waals surface area (Å²) in [6.45, 7) is 5.05. The van der Waals surface area contributed by atoms with Crippen molar-refractivity contribution in [1.82, 2.24) is 10.2 Å². The molecule has 1 fully saturated rings. The van der Waals surface area contributed by atoms with Crippen molar-refractivity contribution in [2.75, 3.05) is 39.8 Å². The standard InChI is InChI=1S/C14H22N2O/c1-15-11-14-12-16(9-10-17-14)8-7-13-5-3-2-4-6-13/h2-6,14-15H,7-12H2,1H3. The second kappa shape index (κ2) is 6.74. The summed E-state index contributed by atoms with van der Waals surface area (Å²) in [4.78, 5) is 2.50. The van der Waals surface area contributed by atoms with Crippen molar-refractivity contribution < 1.29 is 4.74 Å². The Bertz CT molecular complexity index is 313. The highest BCUT2D eigenvalue weighted by molar-refractivity contribution is 5.14. The van der Waals surface area contributed by atoms with Crippen molar-refractivity contribution >= 4 is 0 Å². The molecule has 1 unspecified atom stereocenters. The van der Waals surface area contributed by atoms with E-state index < -0.39 is 0 Å². The van der Waals surface area contributed by atoms with Crippen molar-refractivity contribution in [3.8, 4) is 0 Å². The molecular weight excluding hydrogens is 212 g/mol. The van der Waals surface area contributed by atoms with Crippen molar-refractivity contribution in [3.63, 3.8) is 0 Å². The molecule has 1 aliphatic rings. The predicted molar refractivity (Wildman–Crippen MR) is 70.3 cm³/mol. The van der Waals surface area contributed by atoms with Gasteiger partial charge in [0.05, 0.1) is 12.7 Å². The molecule has 1 heterocycles. The monoisotopic (exact) mass is 234 g/mol. The fourth-order valence-corrected chi connectivity index (χ4v) is 2.27. The van der Waals surface area contributed by atoms with Gasteiger partial charge in [0.1, 0.15) is 0 Å². The highest BCUT2D eigenvalue weighted by Crippen LogP contribution is 2.07. The lowest BCUT2D eigenvalue weighted by atomic mass is 10.1. The molecule has 0 radical (unpaired) electrons. The number of likely N-dealkylation sites (N-methyl/N-ethyl adjacent to an activating group) is 1. The van der Waals surface area contributed by atoms with Crippen LogP contribution in [0.1, 0.15) is 5.56 Å². The molecule has 1 aliphatic heterocycles. The molecule has 0 aromatic heterocycles. The summed E-state index contributed by atoms with van der Waals surface area (Å²) in [6, 6.07) is 10.7. The molecule has 1 saturated heterocycles. The normalized spacial score (nSPS) is 21.6. The highest BCUT2D eigenvalue weighted by atomic mass is 16.5. The Morgan fingerprint density at radius 3 is 2.94 bits per heavy atom. The quantitative estimate of drug-likeness (QED) is 0.827. The minimum Gasteiger partial charge on any atom is -0.374 e. The lowest BCUT2D eigenvalue weighted by Gasteiger charge is -2.32. The lowest BCUT2D eigenvalue weighted by Crippen LogP contribution is -2.46. The Balaban J connectivity index is 1.75. The van der Waals surface area contributed by atoms with E-state index in [2.05, 4.69) is 40.5 Å². The molecule has 3 nitrogen and oxygen atoms in total. The second-order valence-electron chi connectivity index (χ2n) is 4.59. The Morgan fingerprint density at radius 2 is 2.18 bits per heavy atom. The topological polar surface area (TPSA) is 24.5 Å². The average Bonchev–Trinajstić information content (AvgIpc) is 2.39. The van der Waals surface area contributed by atoms with Gasteiger partial charge in [-0.25, -0.2) is 0 Å². The molecule has 0 spiro atoms. The van der Waals surface area contributed by atoms with Crippen LogP contribution in [0.5, 0.6) is 0 Å². The number of rotatable bonds is 5. The minimum atomic E-state index is 0.351. The van der Waals surface area contributed by atoms with Gasteiger partial charge in [-0.05, 0) is 19.0 Å². The molecule has 0 aliphatic carbocycles. The van der Waals surface area contributed by atoms with Crippen LogP contribution in [0.4, 0.5) is 0 Å². The van der Waals surface area contributed by atoms with Crippen molar-refractivity contribution in [3.05, 3.63) is 35.9 Å². The largest absolute Gasteiger partial charge is 0.374 e. The lowest BCUT2D eigenvalue weighted by molar-refractivity contribution is -0.0258. The van der Waals surface area contributed by atoms with Gasteiger partial charge in [0, 0.05) is 26.2 Å². The number of nitrogens with zero attached hydrogens (tertiary/aromatic N) is 1. The number of morpholine rings is 1. The average molecular weight is 234 g/mol. The maximum absolute atomic E-state index is 5.70.